The van der Waals surface area contributed by atoms with Gasteiger partial charge in [0, 0.05) is 43.5 Å². The fraction of sp³-hybridized carbons (Fsp3) is 0.667. The summed E-state index contributed by atoms with van der Waals surface area (Å²) in [5.41, 5.74) is 0.720. The van der Waals surface area contributed by atoms with Crippen LogP contribution in [0.1, 0.15) is 5.69 Å². The van der Waals surface area contributed by atoms with Crippen LogP contribution in [0.15, 0.2) is 12.3 Å². The van der Waals surface area contributed by atoms with Gasteiger partial charge in [-0.25, -0.2) is 0 Å². The lowest BCUT2D eigenvalue weighted by atomic mass is 9.82. The Bertz CT molecular complexity index is 433. The molecule has 6 nitrogen and oxygen atoms in total. The molecule has 2 atom stereocenters. The van der Waals surface area contributed by atoms with Crippen LogP contribution in [-0.2, 0) is 11.2 Å². The molecule has 3 N–H and O–H groups in total. The van der Waals surface area contributed by atoms with Gasteiger partial charge in [0.1, 0.15) is 0 Å². The molecule has 0 aliphatic carbocycles. The summed E-state index contributed by atoms with van der Waals surface area (Å²) in [6, 6.07) is 1.82. The van der Waals surface area contributed by atoms with Gasteiger partial charge in [-0.2, -0.15) is 5.10 Å². The van der Waals surface area contributed by atoms with Crippen molar-refractivity contribution in [1.29, 1.82) is 0 Å². The average Bonchev–Trinajstić information content (AvgIpc) is 3.02. The molecule has 0 spiro atoms. The van der Waals surface area contributed by atoms with Gasteiger partial charge in [0.15, 0.2) is 0 Å². The Hall–Kier alpha value is -1.40. The molecule has 2 unspecified atom stereocenters. The van der Waals surface area contributed by atoms with E-state index in [0.717, 1.165) is 25.3 Å². The van der Waals surface area contributed by atoms with Crippen molar-refractivity contribution < 1.29 is 9.90 Å². The van der Waals surface area contributed by atoms with Gasteiger partial charge in [0.05, 0.1) is 13.0 Å². The number of aromatic amines is 1. The van der Waals surface area contributed by atoms with Crippen LogP contribution >= 0.6 is 0 Å². The van der Waals surface area contributed by atoms with E-state index >= 15 is 0 Å². The number of aromatic nitrogens is 2. The molecule has 0 saturated carbocycles. The standard InChI is InChI=1S/C12H18N4O2/c17-8-12-6-13-4-9(12)5-16(7-12)11(18)3-10-1-2-14-15-10/h1-2,9,13,17H,3-8H2,(H,14,15). The number of rotatable bonds is 3. The van der Waals surface area contributed by atoms with Gasteiger partial charge in [-0.15, -0.1) is 0 Å². The van der Waals surface area contributed by atoms with Crippen molar-refractivity contribution in [3.05, 3.63) is 18.0 Å². The number of H-pyrrole nitrogens is 1. The van der Waals surface area contributed by atoms with Crippen LogP contribution in [0.2, 0.25) is 0 Å². The Kier molecular flexibility index (Phi) is 2.83. The fourth-order valence-electron chi connectivity index (χ4n) is 3.09. The summed E-state index contributed by atoms with van der Waals surface area (Å²) in [6.45, 7) is 3.27. The third-order valence-electron chi connectivity index (χ3n) is 4.25. The van der Waals surface area contributed by atoms with Crippen LogP contribution in [0.4, 0.5) is 0 Å². The summed E-state index contributed by atoms with van der Waals surface area (Å²) < 4.78 is 0. The maximum Gasteiger partial charge on any atom is 0.228 e. The summed E-state index contributed by atoms with van der Waals surface area (Å²) in [5, 5.41) is 19.5. The zero-order valence-electron chi connectivity index (χ0n) is 10.2. The minimum Gasteiger partial charge on any atom is -0.396 e. The normalized spacial score (nSPS) is 30.7. The number of hydrogen-bond acceptors (Lipinski definition) is 4. The molecule has 2 aliphatic heterocycles. The molecule has 1 aromatic rings. The lowest BCUT2D eigenvalue weighted by Gasteiger charge is -2.25. The smallest absolute Gasteiger partial charge is 0.228 e. The van der Waals surface area contributed by atoms with Crippen LogP contribution in [0, 0.1) is 11.3 Å². The summed E-state index contributed by atoms with van der Waals surface area (Å²) in [4.78, 5) is 14.1. The van der Waals surface area contributed by atoms with Gasteiger partial charge >= 0.3 is 0 Å². The number of likely N-dealkylation sites (tertiary alicyclic amines) is 1. The Balaban J connectivity index is 1.67. The number of aliphatic hydroxyl groups excluding tert-OH is 1. The molecule has 3 rings (SSSR count). The molecule has 0 bridgehead atoms. The van der Waals surface area contributed by atoms with Crippen molar-refractivity contribution in [3.8, 4) is 0 Å². The zero-order chi connectivity index (χ0) is 12.6. The molecule has 0 aromatic carbocycles. The highest BCUT2D eigenvalue weighted by atomic mass is 16.3. The van der Waals surface area contributed by atoms with Crippen LogP contribution in [0.3, 0.4) is 0 Å². The van der Waals surface area contributed by atoms with Crippen LogP contribution in [0.5, 0.6) is 0 Å². The second kappa shape index (κ2) is 4.37. The van der Waals surface area contributed by atoms with Gasteiger partial charge < -0.3 is 15.3 Å². The molecule has 3 heterocycles. The van der Waals surface area contributed by atoms with Crippen LogP contribution < -0.4 is 5.32 Å². The Labute approximate surface area is 105 Å². The number of amides is 1. The minimum absolute atomic E-state index is 0.112. The van der Waals surface area contributed by atoms with E-state index in [1.54, 1.807) is 6.20 Å². The van der Waals surface area contributed by atoms with Crippen LogP contribution in [0.25, 0.3) is 0 Å². The first-order valence-electron chi connectivity index (χ1n) is 6.31. The first-order valence-corrected chi connectivity index (χ1v) is 6.31. The summed E-state index contributed by atoms with van der Waals surface area (Å²) in [5.74, 6) is 0.495. The van der Waals surface area contributed by atoms with Crippen molar-refractivity contribution >= 4 is 5.91 Å². The van der Waals surface area contributed by atoms with Crippen LogP contribution in [-0.4, -0.2) is 58.9 Å². The number of carbonyl (C=O) groups excluding carboxylic acids is 1. The molecular formula is C12H18N4O2. The number of nitrogens with zero attached hydrogens (tertiary/aromatic N) is 2. The molecule has 2 fully saturated rings. The highest BCUT2D eigenvalue weighted by Crippen LogP contribution is 2.38. The predicted octanol–water partition coefficient (Wildman–Crippen LogP) is -1.01. The van der Waals surface area contributed by atoms with Crippen molar-refractivity contribution in [2.24, 2.45) is 11.3 Å². The molecular weight excluding hydrogens is 232 g/mol. The third kappa shape index (κ3) is 1.81. The van der Waals surface area contributed by atoms with Crippen molar-refractivity contribution in [2.75, 3.05) is 32.8 Å². The van der Waals surface area contributed by atoms with Gasteiger partial charge in [0.25, 0.3) is 0 Å². The van der Waals surface area contributed by atoms with E-state index in [1.165, 1.54) is 0 Å². The maximum absolute atomic E-state index is 12.2. The SMILES string of the molecule is O=C(Cc1ccn[nH]1)N1CC2CNCC2(CO)C1. The van der Waals surface area contributed by atoms with E-state index in [1.807, 2.05) is 11.0 Å². The number of nitrogens with one attached hydrogen (secondary N) is 2. The third-order valence-corrected chi connectivity index (χ3v) is 4.25. The minimum atomic E-state index is -0.121. The van der Waals surface area contributed by atoms with E-state index < -0.39 is 0 Å². The fourth-order valence-corrected chi connectivity index (χ4v) is 3.09. The van der Waals surface area contributed by atoms with E-state index in [9.17, 15) is 9.90 Å². The van der Waals surface area contributed by atoms with Crippen molar-refractivity contribution in [3.63, 3.8) is 0 Å². The van der Waals surface area contributed by atoms with E-state index in [0.29, 0.717) is 18.9 Å². The molecule has 6 heteroatoms. The molecule has 2 saturated heterocycles. The summed E-state index contributed by atoms with van der Waals surface area (Å²) in [6.07, 6.45) is 2.02. The number of hydrogen-bond donors (Lipinski definition) is 3. The topological polar surface area (TPSA) is 81.2 Å². The van der Waals surface area contributed by atoms with Crippen molar-refractivity contribution in [1.82, 2.24) is 20.4 Å². The second-order valence-corrected chi connectivity index (χ2v) is 5.38. The second-order valence-electron chi connectivity index (χ2n) is 5.38. The van der Waals surface area contributed by atoms with Gasteiger partial charge in [-0.3, -0.25) is 9.89 Å². The molecule has 1 aromatic heterocycles. The van der Waals surface area contributed by atoms with Gasteiger partial charge in [-0.05, 0) is 12.0 Å². The molecule has 1 amide bonds. The summed E-state index contributed by atoms with van der Waals surface area (Å²) in [7, 11) is 0. The monoisotopic (exact) mass is 250 g/mol. The number of fused-ring (bicyclic) bond motifs is 1. The number of aliphatic hydroxyl groups is 1. The average molecular weight is 250 g/mol. The van der Waals surface area contributed by atoms with Gasteiger partial charge in [-0.1, -0.05) is 0 Å². The highest BCUT2D eigenvalue weighted by molar-refractivity contribution is 5.78. The predicted molar refractivity (Wildman–Crippen MR) is 64.8 cm³/mol. The lowest BCUT2D eigenvalue weighted by Crippen LogP contribution is -2.38. The maximum atomic E-state index is 12.2. The number of carbonyl (C=O) groups is 1. The highest BCUT2D eigenvalue weighted by Gasteiger charge is 2.50. The molecule has 18 heavy (non-hydrogen) atoms. The van der Waals surface area contributed by atoms with E-state index in [-0.39, 0.29) is 17.9 Å². The molecule has 0 radical (unpaired) electrons. The van der Waals surface area contributed by atoms with E-state index in [2.05, 4.69) is 15.5 Å². The quantitative estimate of drug-likeness (QED) is 0.642. The summed E-state index contributed by atoms with van der Waals surface area (Å²) >= 11 is 0. The Morgan fingerprint density at radius 1 is 1.67 bits per heavy atom. The van der Waals surface area contributed by atoms with E-state index in [4.69, 9.17) is 0 Å². The van der Waals surface area contributed by atoms with Gasteiger partial charge in [0.2, 0.25) is 5.91 Å². The molecule has 2 aliphatic rings. The largest absolute Gasteiger partial charge is 0.396 e. The Morgan fingerprint density at radius 2 is 2.56 bits per heavy atom. The zero-order valence-corrected chi connectivity index (χ0v) is 10.2. The first-order chi connectivity index (χ1) is 8.73. The Morgan fingerprint density at radius 3 is 3.22 bits per heavy atom. The van der Waals surface area contributed by atoms with Crippen molar-refractivity contribution in [2.45, 2.75) is 6.42 Å². The lowest BCUT2D eigenvalue weighted by molar-refractivity contribution is -0.130. The molecule has 98 valence electrons. The first kappa shape index (κ1) is 11.7.